The number of nitrogens with one attached hydrogen (secondary N) is 2. The molecule has 7 heteroatoms. The Balaban J connectivity index is 1.78. The van der Waals surface area contributed by atoms with Crippen LogP contribution in [0.25, 0.3) is 5.69 Å². The molecule has 3 aromatic rings. The average molecular weight is 419 g/mol. The van der Waals surface area contributed by atoms with Crippen molar-refractivity contribution >= 4 is 17.7 Å². The number of alkyl carbamates (subject to hydrolysis) is 1. The number of hydrogen-bond acceptors (Lipinski definition) is 4. The highest BCUT2D eigenvalue weighted by molar-refractivity contribution is 5.97. The van der Waals surface area contributed by atoms with Gasteiger partial charge in [-0.25, -0.2) is 4.79 Å². The van der Waals surface area contributed by atoms with Crippen molar-refractivity contribution in [3.63, 3.8) is 0 Å². The van der Waals surface area contributed by atoms with Crippen LogP contribution in [0.3, 0.4) is 0 Å². The Kier molecular flexibility index (Phi) is 6.55. The minimum atomic E-state index is -0.938. The van der Waals surface area contributed by atoms with Crippen LogP contribution in [0.1, 0.15) is 32.4 Å². The molecule has 7 nitrogen and oxygen atoms in total. The van der Waals surface area contributed by atoms with Gasteiger partial charge < -0.3 is 15.4 Å². The van der Waals surface area contributed by atoms with Gasteiger partial charge in [0.1, 0.15) is 11.6 Å². The summed E-state index contributed by atoms with van der Waals surface area (Å²) in [6, 6.07) is 19.8. The van der Waals surface area contributed by atoms with Crippen LogP contribution in [0, 0.1) is 0 Å². The van der Waals surface area contributed by atoms with E-state index < -0.39 is 23.6 Å². The van der Waals surface area contributed by atoms with E-state index in [9.17, 15) is 14.4 Å². The number of carbonyl (C=O) groups is 2. The first-order valence-electron chi connectivity index (χ1n) is 9.86. The van der Waals surface area contributed by atoms with Crippen molar-refractivity contribution < 1.29 is 14.3 Å². The van der Waals surface area contributed by atoms with E-state index in [4.69, 9.17) is 4.74 Å². The zero-order valence-electron chi connectivity index (χ0n) is 17.7. The highest BCUT2D eigenvalue weighted by Crippen LogP contribution is 2.18. The SMILES string of the molecule is CC(C)(C)OC(=O)NC(C(=O)Nc1ccc(-n2ccccc2=O)cc1)c1ccccc1. The number of nitrogens with zero attached hydrogens (tertiary/aromatic N) is 1. The third-order valence-corrected chi connectivity index (χ3v) is 4.29. The molecule has 3 rings (SSSR count). The van der Waals surface area contributed by atoms with E-state index in [0.29, 0.717) is 16.9 Å². The maximum absolute atomic E-state index is 13.0. The second-order valence-corrected chi connectivity index (χ2v) is 7.93. The molecule has 2 N–H and O–H groups in total. The first-order valence-corrected chi connectivity index (χ1v) is 9.86. The van der Waals surface area contributed by atoms with Crippen molar-refractivity contribution in [2.45, 2.75) is 32.4 Å². The molecule has 0 fully saturated rings. The molecule has 0 spiro atoms. The Bertz CT molecular complexity index is 1100. The molecule has 2 aromatic carbocycles. The average Bonchev–Trinajstić information content (AvgIpc) is 2.72. The number of ether oxygens (including phenoxy) is 1. The van der Waals surface area contributed by atoms with Gasteiger partial charge in [-0.2, -0.15) is 0 Å². The number of hydrogen-bond donors (Lipinski definition) is 2. The standard InChI is InChI=1S/C24H25N3O4/c1-24(2,3)31-23(30)26-21(17-9-5-4-6-10-17)22(29)25-18-12-14-19(15-13-18)27-16-8-7-11-20(27)28/h4-16,21H,1-3H3,(H,25,29)(H,26,30). The van der Waals surface area contributed by atoms with Crippen molar-refractivity contribution in [1.29, 1.82) is 0 Å². The van der Waals surface area contributed by atoms with Gasteiger partial charge in [0, 0.05) is 23.6 Å². The van der Waals surface area contributed by atoms with Crippen LogP contribution in [0.5, 0.6) is 0 Å². The predicted octanol–water partition coefficient (Wildman–Crippen LogP) is 4.04. The van der Waals surface area contributed by atoms with Gasteiger partial charge in [0.2, 0.25) is 0 Å². The number of benzene rings is 2. The van der Waals surface area contributed by atoms with Crippen molar-refractivity contribution in [1.82, 2.24) is 9.88 Å². The van der Waals surface area contributed by atoms with Gasteiger partial charge in [0.05, 0.1) is 0 Å². The van der Waals surface area contributed by atoms with Crippen LogP contribution in [0.15, 0.2) is 83.8 Å². The smallest absolute Gasteiger partial charge is 0.408 e. The molecule has 0 aliphatic rings. The molecule has 1 heterocycles. The van der Waals surface area contributed by atoms with E-state index in [-0.39, 0.29) is 5.56 Å². The van der Waals surface area contributed by atoms with Gasteiger partial charge in [-0.05, 0) is 56.7 Å². The summed E-state index contributed by atoms with van der Waals surface area (Å²) in [7, 11) is 0. The Morgan fingerprint density at radius 2 is 1.55 bits per heavy atom. The molecule has 0 radical (unpaired) electrons. The zero-order chi connectivity index (χ0) is 22.4. The van der Waals surface area contributed by atoms with E-state index in [1.54, 1.807) is 87.6 Å². The van der Waals surface area contributed by atoms with Crippen LogP contribution in [-0.4, -0.2) is 22.2 Å². The summed E-state index contributed by atoms with van der Waals surface area (Å²) in [4.78, 5) is 37.2. The molecule has 0 saturated heterocycles. The van der Waals surface area contributed by atoms with E-state index in [1.807, 2.05) is 6.07 Å². The lowest BCUT2D eigenvalue weighted by atomic mass is 10.1. The normalized spacial score (nSPS) is 12.0. The maximum Gasteiger partial charge on any atom is 0.408 e. The first-order chi connectivity index (χ1) is 14.7. The fourth-order valence-electron chi connectivity index (χ4n) is 2.93. The molecule has 0 aliphatic carbocycles. The van der Waals surface area contributed by atoms with E-state index in [1.165, 1.54) is 10.6 Å². The second-order valence-electron chi connectivity index (χ2n) is 7.93. The van der Waals surface area contributed by atoms with Crippen LogP contribution in [-0.2, 0) is 9.53 Å². The summed E-state index contributed by atoms with van der Waals surface area (Å²) >= 11 is 0. The highest BCUT2D eigenvalue weighted by atomic mass is 16.6. The zero-order valence-corrected chi connectivity index (χ0v) is 17.7. The molecule has 0 bridgehead atoms. The van der Waals surface area contributed by atoms with Gasteiger partial charge in [-0.1, -0.05) is 36.4 Å². The van der Waals surface area contributed by atoms with E-state index in [0.717, 1.165) is 0 Å². The van der Waals surface area contributed by atoms with E-state index >= 15 is 0 Å². The predicted molar refractivity (Wildman–Crippen MR) is 119 cm³/mol. The quantitative estimate of drug-likeness (QED) is 0.653. The summed E-state index contributed by atoms with van der Waals surface area (Å²) in [6.07, 6.45) is 0.988. The number of anilines is 1. The fourth-order valence-corrected chi connectivity index (χ4v) is 2.93. The molecule has 0 aliphatic heterocycles. The minimum Gasteiger partial charge on any atom is -0.444 e. The van der Waals surface area contributed by atoms with E-state index in [2.05, 4.69) is 10.6 Å². The third kappa shape index (κ3) is 6.05. The van der Waals surface area contributed by atoms with Crippen LogP contribution < -0.4 is 16.2 Å². The second kappa shape index (κ2) is 9.30. The van der Waals surface area contributed by atoms with Crippen LogP contribution in [0.4, 0.5) is 10.5 Å². The molecule has 1 atom stereocenters. The highest BCUT2D eigenvalue weighted by Gasteiger charge is 2.26. The lowest BCUT2D eigenvalue weighted by Gasteiger charge is -2.23. The number of aromatic nitrogens is 1. The Hall–Kier alpha value is -3.87. The van der Waals surface area contributed by atoms with Crippen molar-refractivity contribution in [2.24, 2.45) is 0 Å². The molecule has 2 amide bonds. The number of pyridine rings is 1. The molecular formula is C24H25N3O4. The summed E-state index contributed by atoms with van der Waals surface area (Å²) in [6.45, 7) is 5.26. The maximum atomic E-state index is 13.0. The molecule has 31 heavy (non-hydrogen) atoms. The summed E-state index contributed by atoms with van der Waals surface area (Å²) in [5.74, 6) is -0.415. The molecule has 1 aromatic heterocycles. The Morgan fingerprint density at radius 3 is 2.16 bits per heavy atom. The van der Waals surface area contributed by atoms with Crippen molar-refractivity contribution in [3.05, 3.63) is 94.9 Å². The molecule has 160 valence electrons. The van der Waals surface area contributed by atoms with Crippen molar-refractivity contribution in [3.8, 4) is 5.69 Å². The van der Waals surface area contributed by atoms with Crippen LogP contribution in [0.2, 0.25) is 0 Å². The molecule has 0 saturated carbocycles. The minimum absolute atomic E-state index is 0.148. The van der Waals surface area contributed by atoms with Gasteiger partial charge in [0.25, 0.3) is 11.5 Å². The Labute approximate surface area is 180 Å². The number of rotatable bonds is 5. The Morgan fingerprint density at radius 1 is 0.903 bits per heavy atom. The lowest BCUT2D eigenvalue weighted by molar-refractivity contribution is -0.118. The first kappa shape index (κ1) is 21.8. The lowest BCUT2D eigenvalue weighted by Crippen LogP contribution is -2.40. The largest absolute Gasteiger partial charge is 0.444 e. The number of carbonyl (C=O) groups excluding carboxylic acids is 2. The molecule has 1 unspecified atom stereocenters. The topological polar surface area (TPSA) is 89.4 Å². The fraction of sp³-hybridized carbons (Fsp3) is 0.208. The van der Waals surface area contributed by atoms with Crippen LogP contribution >= 0.6 is 0 Å². The summed E-state index contributed by atoms with van der Waals surface area (Å²) in [5, 5.41) is 5.44. The summed E-state index contributed by atoms with van der Waals surface area (Å²) < 4.78 is 6.81. The van der Waals surface area contributed by atoms with Gasteiger partial charge in [0.15, 0.2) is 0 Å². The third-order valence-electron chi connectivity index (χ3n) is 4.29. The van der Waals surface area contributed by atoms with Crippen molar-refractivity contribution in [2.75, 3.05) is 5.32 Å². The van der Waals surface area contributed by atoms with Gasteiger partial charge in [-0.3, -0.25) is 14.2 Å². The number of amides is 2. The monoisotopic (exact) mass is 419 g/mol. The van der Waals surface area contributed by atoms with Gasteiger partial charge in [-0.15, -0.1) is 0 Å². The summed E-state index contributed by atoms with van der Waals surface area (Å²) in [5.41, 5.74) is 0.996. The van der Waals surface area contributed by atoms with Gasteiger partial charge >= 0.3 is 6.09 Å². The molecular weight excluding hydrogens is 394 g/mol.